The van der Waals surface area contributed by atoms with Crippen molar-refractivity contribution in [3.63, 3.8) is 0 Å². The first-order chi connectivity index (χ1) is 12.2. The summed E-state index contributed by atoms with van der Waals surface area (Å²) in [5, 5.41) is 3.45. The minimum Gasteiger partial charge on any atom is -0.453 e. The summed E-state index contributed by atoms with van der Waals surface area (Å²) >= 11 is 0. The van der Waals surface area contributed by atoms with E-state index in [-0.39, 0.29) is 12.1 Å². The maximum Gasteiger partial charge on any atom is 0.409 e. The predicted octanol–water partition coefficient (Wildman–Crippen LogP) is 2.74. The minimum absolute atomic E-state index is 0.143. The van der Waals surface area contributed by atoms with Crippen molar-refractivity contribution in [1.29, 1.82) is 0 Å². The van der Waals surface area contributed by atoms with Gasteiger partial charge in [0.25, 0.3) is 0 Å². The summed E-state index contributed by atoms with van der Waals surface area (Å²) in [6.07, 6.45) is 4.19. The zero-order chi connectivity index (χ0) is 17.6. The SMILES string of the molecule is CCc1cc(NC2CCCN(C(=O)OC)C2)nc(-c2ccccn2)n1. The second kappa shape index (κ2) is 7.92. The van der Waals surface area contributed by atoms with Gasteiger partial charge in [0.05, 0.1) is 7.11 Å². The molecule has 3 rings (SSSR count). The van der Waals surface area contributed by atoms with Crippen LogP contribution in [0.4, 0.5) is 10.6 Å². The van der Waals surface area contributed by atoms with Crippen LogP contribution in [0.2, 0.25) is 0 Å². The van der Waals surface area contributed by atoms with Gasteiger partial charge in [-0.15, -0.1) is 0 Å². The number of pyridine rings is 1. The van der Waals surface area contributed by atoms with Crippen LogP contribution in [0.1, 0.15) is 25.5 Å². The Balaban J connectivity index is 1.79. The van der Waals surface area contributed by atoms with E-state index in [1.807, 2.05) is 24.3 Å². The number of methoxy groups -OCH3 is 1. The molecular weight excluding hydrogens is 318 g/mol. The molecule has 7 heteroatoms. The van der Waals surface area contributed by atoms with Gasteiger partial charge >= 0.3 is 6.09 Å². The molecule has 1 fully saturated rings. The lowest BCUT2D eigenvalue weighted by Gasteiger charge is -2.32. The van der Waals surface area contributed by atoms with Crippen LogP contribution in [-0.2, 0) is 11.2 Å². The molecule has 3 heterocycles. The Morgan fingerprint density at radius 3 is 3.00 bits per heavy atom. The third kappa shape index (κ3) is 4.23. The lowest BCUT2D eigenvalue weighted by molar-refractivity contribution is 0.113. The smallest absolute Gasteiger partial charge is 0.409 e. The molecule has 132 valence electrons. The quantitative estimate of drug-likeness (QED) is 0.921. The number of ether oxygens (including phenoxy) is 1. The van der Waals surface area contributed by atoms with Gasteiger partial charge in [-0.25, -0.2) is 14.8 Å². The molecule has 25 heavy (non-hydrogen) atoms. The van der Waals surface area contributed by atoms with Crippen LogP contribution >= 0.6 is 0 Å². The number of hydrogen-bond donors (Lipinski definition) is 1. The lowest BCUT2D eigenvalue weighted by Crippen LogP contribution is -2.45. The number of piperidine rings is 1. The monoisotopic (exact) mass is 341 g/mol. The van der Waals surface area contributed by atoms with E-state index in [0.717, 1.165) is 43.0 Å². The molecule has 1 saturated heterocycles. The van der Waals surface area contributed by atoms with Gasteiger partial charge in [-0.2, -0.15) is 0 Å². The highest BCUT2D eigenvalue weighted by Crippen LogP contribution is 2.19. The van der Waals surface area contributed by atoms with Gasteiger partial charge in [-0.1, -0.05) is 13.0 Å². The van der Waals surface area contributed by atoms with Crippen LogP contribution in [0.25, 0.3) is 11.5 Å². The van der Waals surface area contributed by atoms with Crippen LogP contribution in [0, 0.1) is 0 Å². The maximum absolute atomic E-state index is 11.7. The molecular formula is C18H23N5O2. The molecule has 1 aliphatic rings. The van der Waals surface area contributed by atoms with E-state index in [1.54, 1.807) is 11.1 Å². The van der Waals surface area contributed by atoms with Crippen LogP contribution < -0.4 is 5.32 Å². The fourth-order valence-corrected chi connectivity index (χ4v) is 2.96. The lowest BCUT2D eigenvalue weighted by atomic mass is 10.1. The van der Waals surface area contributed by atoms with E-state index < -0.39 is 0 Å². The number of aryl methyl sites for hydroxylation is 1. The second-order valence-corrected chi connectivity index (χ2v) is 6.04. The van der Waals surface area contributed by atoms with Gasteiger partial charge in [0.1, 0.15) is 11.5 Å². The van der Waals surface area contributed by atoms with Crippen LogP contribution in [-0.4, -0.2) is 52.2 Å². The van der Waals surface area contributed by atoms with E-state index in [1.165, 1.54) is 7.11 Å². The maximum atomic E-state index is 11.7. The number of nitrogens with zero attached hydrogens (tertiary/aromatic N) is 4. The summed E-state index contributed by atoms with van der Waals surface area (Å²) in [5.74, 6) is 1.38. The van der Waals surface area contributed by atoms with Gasteiger partial charge in [0, 0.05) is 37.1 Å². The molecule has 1 unspecified atom stereocenters. The van der Waals surface area contributed by atoms with Crippen LogP contribution in [0.15, 0.2) is 30.5 Å². The largest absolute Gasteiger partial charge is 0.453 e. The first kappa shape index (κ1) is 17.1. The van der Waals surface area contributed by atoms with Gasteiger partial charge in [-0.3, -0.25) is 4.98 Å². The normalized spacial score (nSPS) is 17.2. The molecule has 0 spiro atoms. The van der Waals surface area contributed by atoms with E-state index in [0.29, 0.717) is 12.4 Å². The van der Waals surface area contributed by atoms with Gasteiger partial charge in [0.15, 0.2) is 5.82 Å². The van der Waals surface area contributed by atoms with Crippen molar-refractivity contribution in [3.05, 3.63) is 36.2 Å². The average molecular weight is 341 g/mol. The summed E-state index contributed by atoms with van der Waals surface area (Å²) in [5.41, 5.74) is 1.71. The summed E-state index contributed by atoms with van der Waals surface area (Å²) in [7, 11) is 1.41. The molecule has 0 radical (unpaired) electrons. The highest BCUT2D eigenvalue weighted by atomic mass is 16.5. The highest BCUT2D eigenvalue weighted by Gasteiger charge is 2.24. The van der Waals surface area contributed by atoms with Crippen molar-refractivity contribution < 1.29 is 9.53 Å². The summed E-state index contributed by atoms with van der Waals surface area (Å²) < 4.78 is 4.83. The number of carbonyl (C=O) groups is 1. The fourth-order valence-electron chi connectivity index (χ4n) is 2.96. The van der Waals surface area contributed by atoms with Crippen molar-refractivity contribution in [2.75, 3.05) is 25.5 Å². The Labute approximate surface area is 147 Å². The van der Waals surface area contributed by atoms with Crippen molar-refractivity contribution in [3.8, 4) is 11.5 Å². The molecule has 7 nitrogen and oxygen atoms in total. The Morgan fingerprint density at radius 2 is 2.28 bits per heavy atom. The van der Waals surface area contributed by atoms with Crippen molar-refractivity contribution in [2.45, 2.75) is 32.2 Å². The molecule has 1 atom stereocenters. The Hall–Kier alpha value is -2.70. The van der Waals surface area contributed by atoms with E-state index in [2.05, 4.69) is 27.2 Å². The van der Waals surface area contributed by atoms with Crippen LogP contribution in [0.5, 0.6) is 0 Å². The number of aromatic nitrogens is 3. The third-order valence-corrected chi connectivity index (χ3v) is 4.24. The summed E-state index contributed by atoms with van der Waals surface area (Å²) in [6, 6.07) is 7.80. The van der Waals surface area contributed by atoms with Crippen molar-refractivity contribution in [2.24, 2.45) is 0 Å². The number of amides is 1. The standard InChI is InChI=1S/C18H23N5O2/c1-3-13-11-16(22-17(21-13)15-8-4-5-9-19-15)20-14-7-6-10-23(12-14)18(24)25-2/h4-5,8-9,11,14H,3,6-7,10,12H2,1-2H3,(H,20,21,22). The zero-order valence-corrected chi connectivity index (χ0v) is 14.6. The van der Waals surface area contributed by atoms with Gasteiger partial charge < -0.3 is 15.0 Å². The topological polar surface area (TPSA) is 80.2 Å². The zero-order valence-electron chi connectivity index (χ0n) is 14.6. The van der Waals surface area contributed by atoms with E-state index >= 15 is 0 Å². The molecule has 0 saturated carbocycles. The summed E-state index contributed by atoms with van der Waals surface area (Å²) in [6.45, 7) is 3.40. The Morgan fingerprint density at radius 1 is 1.40 bits per heavy atom. The number of anilines is 1. The number of carbonyl (C=O) groups excluding carboxylic acids is 1. The molecule has 0 bridgehead atoms. The first-order valence-corrected chi connectivity index (χ1v) is 8.58. The fraction of sp³-hybridized carbons (Fsp3) is 0.444. The van der Waals surface area contributed by atoms with Gasteiger partial charge in [0.2, 0.25) is 0 Å². The predicted molar refractivity (Wildman–Crippen MR) is 95.3 cm³/mol. The molecule has 1 N–H and O–H groups in total. The van der Waals surface area contributed by atoms with E-state index in [9.17, 15) is 4.79 Å². The molecule has 2 aromatic rings. The Bertz CT molecular complexity index is 723. The number of rotatable bonds is 4. The van der Waals surface area contributed by atoms with E-state index in [4.69, 9.17) is 4.74 Å². The second-order valence-electron chi connectivity index (χ2n) is 6.04. The number of nitrogens with one attached hydrogen (secondary N) is 1. The Kier molecular flexibility index (Phi) is 5.42. The molecule has 0 aromatic carbocycles. The molecule has 1 amide bonds. The molecule has 1 aliphatic heterocycles. The highest BCUT2D eigenvalue weighted by molar-refractivity contribution is 5.67. The molecule has 0 aliphatic carbocycles. The van der Waals surface area contributed by atoms with Gasteiger partial charge in [-0.05, 0) is 31.4 Å². The third-order valence-electron chi connectivity index (χ3n) is 4.24. The summed E-state index contributed by atoms with van der Waals surface area (Å²) in [4.78, 5) is 27.0. The average Bonchev–Trinajstić information content (AvgIpc) is 2.68. The first-order valence-electron chi connectivity index (χ1n) is 8.58. The van der Waals surface area contributed by atoms with Crippen molar-refractivity contribution in [1.82, 2.24) is 19.9 Å². The number of likely N-dealkylation sites (tertiary alicyclic amines) is 1. The minimum atomic E-state index is -0.280. The molecule has 2 aromatic heterocycles. The van der Waals surface area contributed by atoms with Crippen LogP contribution in [0.3, 0.4) is 0 Å². The van der Waals surface area contributed by atoms with Crippen molar-refractivity contribution >= 4 is 11.9 Å². The number of hydrogen-bond acceptors (Lipinski definition) is 6.